The van der Waals surface area contributed by atoms with Crippen LogP contribution in [0.5, 0.6) is 11.5 Å². The van der Waals surface area contributed by atoms with E-state index in [1.165, 1.54) is 0 Å². The Morgan fingerprint density at radius 2 is 1.68 bits per heavy atom. The first-order valence-corrected chi connectivity index (χ1v) is 6.90. The van der Waals surface area contributed by atoms with Gasteiger partial charge in [-0.05, 0) is 31.5 Å². The number of nitrogens with one attached hydrogen (secondary N) is 2. The largest absolute Gasteiger partial charge is 0.454 e. The average Bonchev–Trinajstić information content (AvgIpc) is 2.94. The number of alkyl carbamates (subject to hydrolysis) is 2. The van der Waals surface area contributed by atoms with Gasteiger partial charge in [0, 0.05) is 0 Å². The number of amides is 2. The molecule has 0 fully saturated rings. The van der Waals surface area contributed by atoms with Crippen LogP contribution in [-0.2, 0) is 9.47 Å². The number of carbonyl (C=O) groups excluding carboxylic acids is 2. The van der Waals surface area contributed by atoms with Crippen LogP contribution in [0.3, 0.4) is 0 Å². The SMILES string of the molecule is CCOC(=O)NC(NC(=O)OCC)c1ccc2c(c1)OCO2. The van der Waals surface area contributed by atoms with Gasteiger partial charge in [-0.15, -0.1) is 0 Å². The van der Waals surface area contributed by atoms with Crippen molar-refractivity contribution in [1.29, 1.82) is 0 Å². The summed E-state index contributed by atoms with van der Waals surface area (Å²) in [6.45, 7) is 3.96. The van der Waals surface area contributed by atoms with E-state index in [0.717, 1.165) is 0 Å². The molecule has 1 aliphatic rings. The lowest BCUT2D eigenvalue weighted by molar-refractivity contribution is 0.135. The zero-order valence-electron chi connectivity index (χ0n) is 12.4. The smallest absolute Gasteiger partial charge is 0.409 e. The van der Waals surface area contributed by atoms with Crippen molar-refractivity contribution in [3.05, 3.63) is 23.8 Å². The summed E-state index contributed by atoms with van der Waals surface area (Å²) in [5, 5.41) is 5.09. The second kappa shape index (κ2) is 7.39. The number of hydrogen-bond donors (Lipinski definition) is 2. The van der Waals surface area contributed by atoms with Crippen LogP contribution in [0.25, 0.3) is 0 Å². The van der Waals surface area contributed by atoms with E-state index in [-0.39, 0.29) is 20.0 Å². The van der Waals surface area contributed by atoms with E-state index < -0.39 is 18.4 Å². The molecule has 2 N–H and O–H groups in total. The molecule has 0 bridgehead atoms. The van der Waals surface area contributed by atoms with Crippen LogP contribution in [0.1, 0.15) is 25.6 Å². The molecule has 0 saturated heterocycles. The molecular weight excluding hydrogens is 292 g/mol. The summed E-state index contributed by atoms with van der Waals surface area (Å²) in [4.78, 5) is 23.2. The van der Waals surface area contributed by atoms with Gasteiger partial charge in [-0.25, -0.2) is 9.59 Å². The minimum absolute atomic E-state index is 0.139. The maximum absolute atomic E-state index is 11.6. The monoisotopic (exact) mass is 310 g/mol. The molecule has 0 radical (unpaired) electrons. The Bertz CT molecular complexity index is 528. The molecule has 8 heteroatoms. The molecule has 8 nitrogen and oxygen atoms in total. The molecule has 120 valence electrons. The highest BCUT2D eigenvalue weighted by Gasteiger charge is 2.22. The van der Waals surface area contributed by atoms with Gasteiger partial charge in [0.1, 0.15) is 6.17 Å². The lowest BCUT2D eigenvalue weighted by atomic mass is 10.1. The number of ether oxygens (including phenoxy) is 4. The lowest BCUT2D eigenvalue weighted by Crippen LogP contribution is -2.41. The van der Waals surface area contributed by atoms with Crippen LogP contribution >= 0.6 is 0 Å². The number of rotatable bonds is 5. The van der Waals surface area contributed by atoms with E-state index in [2.05, 4.69) is 10.6 Å². The highest BCUT2D eigenvalue weighted by Crippen LogP contribution is 2.33. The van der Waals surface area contributed by atoms with Gasteiger partial charge in [0.05, 0.1) is 13.2 Å². The molecule has 0 aromatic heterocycles. The van der Waals surface area contributed by atoms with Crippen molar-refractivity contribution in [2.45, 2.75) is 20.0 Å². The lowest BCUT2D eigenvalue weighted by Gasteiger charge is -2.20. The van der Waals surface area contributed by atoms with Crippen molar-refractivity contribution in [3.8, 4) is 11.5 Å². The number of fused-ring (bicyclic) bond motifs is 1. The third kappa shape index (κ3) is 3.94. The van der Waals surface area contributed by atoms with E-state index in [0.29, 0.717) is 17.1 Å². The summed E-state index contributed by atoms with van der Waals surface area (Å²) in [5.41, 5.74) is 0.602. The van der Waals surface area contributed by atoms with Crippen LogP contribution in [0.2, 0.25) is 0 Å². The summed E-state index contributed by atoms with van der Waals surface area (Å²) in [5.74, 6) is 1.15. The molecule has 1 aromatic carbocycles. The molecule has 0 saturated carbocycles. The van der Waals surface area contributed by atoms with E-state index in [1.54, 1.807) is 32.0 Å². The molecule has 0 atom stereocenters. The van der Waals surface area contributed by atoms with Gasteiger partial charge in [0.25, 0.3) is 0 Å². The second-order valence-corrected chi connectivity index (χ2v) is 4.28. The summed E-state index contributed by atoms with van der Waals surface area (Å²) in [6.07, 6.45) is -2.11. The average molecular weight is 310 g/mol. The highest BCUT2D eigenvalue weighted by atomic mass is 16.7. The predicted molar refractivity (Wildman–Crippen MR) is 75.6 cm³/mol. The van der Waals surface area contributed by atoms with Crippen LogP contribution in [0.4, 0.5) is 9.59 Å². The normalized spacial score (nSPS) is 12.0. The topological polar surface area (TPSA) is 95.1 Å². The first-order valence-electron chi connectivity index (χ1n) is 6.90. The fourth-order valence-corrected chi connectivity index (χ4v) is 1.88. The van der Waals surface area contributed by atoms with Gasteiger partial charge < -0.3 is 18.9 Å². The summed E-state index contributed by atoms with van der Waals surface area (Å²) in [6, 6.07) is 5.08. The molecular formula is C14H18N2O6. The van der Waals surface area contributed by atoms with E-state index >= 15 is 0 Å². The van der Waals surface area contributed by atoms with Crippen LogP contribution in [-0.4, -0.2) is 32.2 Å². The molecule has 2 rings (SSSR count). The first-order chi connectivity index (χ1) is 10.6. The van der Waals surface area contributed by atoms with Crippen molar-refractivity contribution in [1.82, 2.24) is 10.6 Å². The molecule has 2 amide bonds. The Morgan fingerprint density at radius 3 is 2.27 bits per heavy atom. The van der Waals surface area contributed by atoms with Gasteiger partial charge >= 0.3 is 12.2 Å². The zero-order chi connectivity index (χ0) is 15.9. The first kappa shape index (κ1) is 15.7. The van der Waals surface area contributed by atoms with Crippen molar-refractivity contribution in [2.75, 3.05) is 20.0 Å². The second-order valence-electron chi connectivity index (χ2n) is 4.28. The Kier molecular flexibility index (Phi) is 5.29. The third-order valence-corrected chi connectivity index (χ3v) is 2.81. The van der Waals surface area contributed by atoms with Crippen LogP contribution < -0.4 is 20.1 Å². The fourth-order valence-electron chi connectivity index (χ4n) is 1.88. The quantitative estimate of drug-likeness (QED) is 0.807. The Labute approximate surface area is 127 Å². The van der Waals surface area contributed by atoms with Gasteiger partial charge in [-0.1, -0.05) is 6.07 Å². The van der Waals surface area contributed by atoms with Gasteiger partial charge in [-0.3, -0.25) is 10.6 Å². The van der Waals surface area contributed by atoms with Crippen LogP contribution in [0.15, 0.2) is 18.2 Å². The maximum atomic E-state index is 11.6. The summed E-state index contributed by atoms with van der Waals surface area (Å²) in [7, 11) is 0. The Morgan fingerprint density at radius 1 is 1.09 bits per heavy atom. The Hall–Kier alpha value is -2.64. The van der Waals surface area contributed by atoms with E-state index in [4.69, 9.17) is 18.9 Å². The minimum atomic E-state index is -0.812. The van der Waals surface area contributed by atoms with E-state index in [9.17, 15) is 9.59 Å². The minimum Gasteiger partial charge on any atom is -0.454 e. The molecule has 1 aliphatic heterocycles. The van der Waals surface area contributed by atoms with Gasteiger partial charge in [0.2, 0.25) is 6.79 Å². The molecule has 1 aromatic rings. The molecule has 1 heterocycles. The van der Waals surface area contributed by atoms with Gasteiger partial charge in [0.15, 0.2) is 11.5 Å². The van der Waals surface area contributed by atoms with Crippen molar-refractivity contribution in [2.24, 2.45) is 0 Å². The predicted octanol–water partition coefficient (Wildman–Crippen LogP) is 1.91. The molecule has 0 aliphatic carbocycles. The standard InChI is InChI=1S/C14H18N2O6/c1-3-19-13(17)15-12(16-14(18)20-4-2)9-5-6-10-11(7-9)22-8-21-10/h5-7,12H,3-4,8H2,1-2H3,(H,15,17)(H,16,18). The van der Waals surface area contributed by atoms with Gasteiger partial charge in [-0.2, -0.15) is 0 Å². The molecule has 0 unspecified atom stereocenters. The highest BCUT2D eigenvalue weighted by molar-refractivity contribution is 5.71. The molecule has 0 spiro atoms. The number of benzene rings is 1. The maximum Gasteiger partial charge on any atom is 0.409 e. The number of hydrogen-bond acceptors (Lipinski definition) is 6. The summed E-state index contributed by atoms with van der Waals surface area (Å²) < 4.78 is 20.2. The third-order valence-electron chi connectivity index (χ3n) is 2.81. The Balaban J connectivity index is 2.15. The van der Waals surface area contributed by atoms with Crippen molar-refractivity contribution in [3.63, 3.8) is 0 Å². The summed E-state index contributed by atoms with van der Waals surface area (Å²) >= 11 is 0. The molecule has 22 heavy (non-hydrogen) atoms. The zero-order valence-corrected chi connectivity index (χ0v) is 12.4. The van der Waals surface area contributed by atoms with E-state index in [1.807, 2.05) is 0 Å². The fraction of sp³-hybridized carbons (Fsp3) is 0.429. The van der Waals surface area contributed by atoms with Crippen molar-refractivity contribution >= 4 is 12.2 Å². The number of carbonyl (C=O) groups is 2. The van der Waals surface area contributed by atoms with Crippen LogP contribution in [0, 0.1) is 0 Å². The van der Waals surface area contributed by atoms with Crippen molar-refractivity contribution < 1.29 is 28.5 Å².